The van der Waals surface area contributed by atoms with Gasteiger partial charge >= 0.3 is 0 Å². The second-order valence-corrected chi connectivity index (χ2v) is 5.43. The van der Waals surface area contributed by atoms with Gasteiger partial charge in [-0.2, -0.15) is 5.10 Å². The van der Waals surface area contributed by atoms with Gasteiger partial charge in [0.05, 0.1) is 23.0 Å². The summed E-state index contributed by atoms with van der Waals surface area (Å²) in [6, 6.07) is 0.0526. The number of nitrogens with zero attached hydrogens (tertiary/aromatic N) is 2. The Morgan fingerprint density at radius 2 is 2.18 bits per heavy atom. The van der Waals surface area contributed by atoms with Gasteiger partial charge < -0.3 is 5.73 Å². The van der Waals surface area contributed by atoms with Crippen molar-refractivity contribution in [2.75, 3.05) is 0 Å². The number of halogens is 1. The molecule has 0 amide bonds. The van der Waals surface area contributed by atoms with Crippen molar-refractivity contribution in [3.63, 3.8) is 0 Å². The summed E-state index contributed by atoms with van der Waals surface area (Å²) in [4.78, 5) is 0. The van der Waals surface area contributed by atoms with E-state index in [9.17, 15) is 0 Å². The van der Waals surface area contributed by atoms with Gasteiger partial charge in [0.25, 0.3) is 0 Å². The molecule has 1 atom stereocenters. The fourth-order valence-corrected chi connectivity index (χ4v) is 3.08. The smallest absolute Gasteiger partial charge is 0.0834 e. The number of rotatable bonds is 4. The second-order valence-electron chi connectivity index (χ2n) is 5.02. The van der Waals surface area contributed by atoms with Crippen LogP contribution in [0.15, 0.2) is 6.20 Å². The van der Waals surface area contributed by atoms with Gasteiger partial charge in [-0.25, -0.2) is 0 Å². The van der Waals surface area contributed by atoms with Gasteiger partial charge in [-0.1, -0.05) is 37.8 Å². The van der Waals surface area contributed by atoms with E-state index >= 15 is 0 Å². The van der Waals surface area contributed by atoms with Crippen molar-refractivity contribution < 1.29 is 0 Å². The van der Waals surface area contributed by atoms with Crippen LogP contribution in [0.3, 0.4) is 0 Å². The highest BCUT2D eigenvalue weighted by Gasteiger charge is 2.26. The summed E-state index contributed by atoms with van der Waals surface area (Å²) in [5, 5.41) is 5.06. The molecule has 96 valence electrons. The summed E-state index contributed by atoms with van der Waals surface area (Å²) in [5.41, 5.74) is 7.44. The van der Waals surface area contributed by atoms with E-state index in [0.717, 1.165) is 23.7 Å². The molecule has 0 spiro atoms. The first-order chi connectivity index (χ1) is 8.24. The van der Waals surface area contributed by atoms with Crippen LogP contribution >= 0.6 is 11.6 Å². The molecule has 0 aromatic carbocycles. The molecule has 1 aliphatic rings. The van der Waals surface area contributed by atoms with Crippen LogP contribution in [0.25, 0.3) is 0 Å². The summed E-state index contributed by atoms with van der Waals surface area (Å²) in [5.74, 6) is 0.577. The lowest BCUT2D eigenvalue weighted by Crippen LogP contribution is -2.26. The van der Waals surface area contributed by atoms with E-state index in [0.29, 0.717) is 5.92 Å². The molecule has 2 N–H and O–H groups in total. The van der Waals surface area contributed by atoms with Crippen LogP contribution in [0.1, 0.15) is 57.2 Å². The van der Waals surface area contributed by atoms with Crippen molar-refractivity contribution >= 4 is 11.6 Å². The second kappa shape index (κ2) is 5.87. The van der Waals surface area contributed by atoms with Crippen LogP contribution in [0.2, 0.25) is 5.02 Å². The van der Waals surface area contributed by atoms with E-state index in [1.807, 2.05) is 4.68 Å². The Labute approximate surface area is 108 Å². The molecule has 1 saturated carbocycles. The lowest BCUT2D eigenvalue weighted by molar-refractivity contribution is 0.297. The standard InChI is InChI=1S/C13H22ClN3/c1-2-8-17-13(11(14)9-16-17)12(15)10-6-4-3-5-7-10/h9-10,12H,2-8,15H2,1H3. The maximum absolute atomic E-state index is 6.40. The molecule has 1 aromatic heterocycles. The maximum Gasteiger partial charge on any atom is 0.0834 e. The van der Waals surface area contributed by atoms with Crippen molar-refractivity contribution in [3.8, 4) is 0 Å². The summed E-state index contributed by atoms with van der Waals surface area (Å²) < 4.78 is 1.99. The Kier molecular flexibility index (Phi) is 4.46. The third kappa shape index (κ3) is 2.83. The molecule has 1 heterocycles. The Morgan fingerprint density at radius 1 is 1.47 bits per heavy atom. The first-order valence-electron chi connectivity index (χ1n) is 6.70. The normalized spacial score (nSPS) is 19.5. The molecule has 3 nitrogen and oxygen atoms in total. The van der Waals surface area contributed by atoms with Gasteiger partial charge in [-0.3, -0.25) is 4.68 Å². The van der Waals surface area contributed by atoms with Crippen molar-refractivity contribution in [2.45, 2.75) is 58.0 Å². The van der Waals surface area contributed by atoms with Crippen LogP contribution in [0.4, 0.5) is 0 Å². The number of hydrogen-bond acceptors (Lipinski definition) is 2. The lowest BCUT2D eigenvalue weighted by Gasteiger charge is -2.28. The highest BCUT2D eigenvalue weighted by Crippen LogP contribution is 2.35. The van der Waals surface area contributed by atoms with Crippen LogP contribution in [-0.2, 0) is 6.54 Å². The summed E-state index contributed by atoms with van der Waals surface area (Å²) in [6.07, 6.45) is 9.21. The first-order valence-corrected chi connectivity index (χ1v) is 7.08. The van der Waals surface area contributed by atoms with Gasteiger partial charge in [0.15, 0.2) is 0 Å². The van der Waals surface area contributed by atoms with E-state index in [1.54, 1.807) is 6.20 Å². The molecule has 0 saturated heterocycles. The van der Waals surface area contributed by atoms with Crippen molar-refractivity contribution in [1.82, 2.24) is 9.78 Å². The van der Waals surface area contributed by atoms with E-state index in [4.69, 9.17) is 17.3 Å². The van der Waals surface area contributed by atoms with E-state index in [1.165, 1.54) is 32.1 Å². The predicted molar refractivity (Wildman–Crippen MR) is 71.0 cm³/mol. The number of aryl methyl sites for hydroxylation is 1. The van der Waals surface area contributed by atoms with Crippen LogP contribution < -0.4 is 5.73 Å². The van der Waals surface area contributed by atoms with Crippen LogP contribution in [0, 0.1) is 5.92 Å². The third-order valence-electron chi connectivity index (χ3n) is 3.74. The SMILES string of the molecule is CCCn1ncc(Cl)c1C(N)C1CCCCC1. The van der Waals surface area contributed by atoms with Crippen LogP contribution in [-0.4, -0.2) is 9.78 Å². The summed E-state index contributed by atoms with van der Waals surface area (Å²) in [6.45, 7) is 3.05. The molecule has 1 fully saturated rings. The van der Waals surface area contributed by atoms with Crippen molar-refractivity contribution in [2.24, 2.45) is 11.7 Å². The molecule has 1 aromatic rings. The fraction of sp³-hybridized carbons (Fsp3) is 0.769. The Hall–Kier alpha value is -0.540. The average molecular weight is 256 g/mol. The van der Waals surface area contributed by atoms with Gasteiger partial charge in [-0.05, 0) is 25.2 Å². The third-order valence-corrected chi connectivity index (χ3v) is 4.03. The highest BCUT2D eigenvalue weighted by atomic mass is 35.5. The molecular weight excluding hydrogens is 234 g/mol. The molecule has 0 aliphatic heterocycles. The molecule has 0 bridgehead atoms. The minimum atomic E-state index is 0.0526. The highest BCUT2D eigenvalue weighted by molar-refractivity contribution is 6.31. The van der Waals surface area contributed by atoms with Crippen LogP contribution in [0.5, 0.6) is 0 Å². The Morgan fingerprint density at radius 3 is 2.82 bits per heavy atom. The van der Waals surface area contributed by atoms with Gasteiger partial charge in [0.2, 0.25) is 0 Å². The fourth-order valence-electron chi connectivity index (χ4n) is 2.81. The minimum Gasteiger partial charge on any atom is -0.322 e. The number of hydrogen-bond donors (Lipinski definition) is 1. The molecule has 1 aliphatic carbocycles. The van der Waals surface area contributed by atoms with Crippen molar-refractivity contribution in [3.05, 3.63) is 16.9 Å². The molecule has 17 heavy (non-hydrogen) atoms. The van der Waals surface area contributed by atoms with Gasteiger partial charge in [-0.15, -0.1) is 0 Å². The lowest BCUT2D eigenvalue weighted by atomic mass is 9.83. The van der Waals surface area contributed by atoms with E-state index < -0.39 is 0 Å². The molecule has 4 heteroatoms. The zero-order valence-corrected chi connectivity index (χ0v) is 11.3. The quantitative estimate of drug-likeness (QED) is 0.895. The maximum atomic E-state index is 6.40. The molecule has 2 rings (SSSR count). The zero-order chi connectivity index (χ0) is 12.3. The minimum absolute atomic E-state index is 0.0526. The average Bonchev–Trinajstić information content (AvgIpc) is 2.71. The number of aromatic nitrogens is 2. The topological polar surface area (TPSA) is 43.8 Å². The van der Waals surface area contributed by atoms with Gasteiger partial charge in [0.1, 0.15) is 0 Å². The van der Waals surface area contributed by atoms with E-state index in [2.05, 4.69) is 12.0 Å². The monoisotopic (exact) mass is 255 g/mol. The van der Waals surface area contributed by atoms with Gasteiger partial charge in [0, 0.05) is 6.54 Å². The largest absolute Gasteiger partial charge is 0.322 e. The Balaban J connectivity index is 2.16. The molecule has 0 radical (unpaired) electrons. The van der Waals surface area contributed by atoms with Crippen molar-refractivity contribution in [1.29, 1.82) is 0 Å². The Bertz CT molecular complexity index is 356. The molecule has 1 unspecified atom stereocenters. The first kappa shape index (κ1) is 12.9. The summed E-state index contributed by atoms with van der Waals surface area (Å²) >= 11 is 6.23. The van der Waals surface area contributed by atoms with E-state index in [-0.39, 0.29) is 6.04 Å². The number of nitrogens with two attached hydrogens (primary N) is 1. The zero-order valence-electron chi connectivity index (χ0n) is 10.5. The molecular formula is C13H22ClN3. The predicted octanol–water partition coefficient (Wildman–Crippen LogP) is 3.53. The summed E-state index contributed by atoms with van der Waals surface area (Å²) in [7, 11) is 0.